The number of hydrogen-bond donors (Lipinski definition) is 1. The zero-order valence-corrected chi connectivity index (χ0v) is 20.8. The molecule has 2 aliphatic heterocycles. The second-order valence-corrected chi connectivity index (χ2v) is 9.87. The zero-order chi connectivity index (χ0) is 25.2. The first-order valence-corrected chi connectivity index (χ1v) is 12.9. The van der Waals surface area contributed by atoms with Gasteiger partial charge in [-0.05, 0) is 64.9 Å². The highest BCUT2D eigenvalue weighted by Crippen LogP contribution is 2.34. The van der Waals surface area contributed by atoms with Crippen LogP contribution in [-0.2, 0) is 13.0 Å². The number of aryl methyl sites for hydroxylation is 1. The molecule has 2 unspecified atom stereocenters. The van der Waals surface area contributed by atoms with Gasteiger partial charge in [-0.25, -0.2) is 0 Å². The topological polar surface area (TPSA) is 41.9 Å². The van der Waals surface area contributed by atoms with Crippen molar-refractivity contribution in [1.29, 1.82) is 0 Å². The number of hydrogen-bond acceptors (Lipinski definition) is 4. The summed E-state index contributed by atoms with van der Waals surface area (Å²) in [6, 6.07) is 32.6. The highest BCUT2D eigenvalue weighted by atomic mass is 16.5. The van der Waals surface area contributed by atoms with E-state index in [0.717, 1.165) is 58.8 Å². The Morgan fingerprint density at radius 1 is 0.784 bits per heavy atom. The van der Waals surface area contributed by atoms with E-state index in [1.54, 1.807) is 0 Å². The minimum atomic E-state index is -0.689. The van der Waals surface area contributed by atoms with E-state index in [1.807, 2.05) is 54.6 Å². The number of rotatable bonds is 5. The highest BCUT2D eigenvalue weighted by Gasteiger charge is 2.21. The van der Waals surface area contributed by atoms with Crippen LogP contribution in [0.1, 0.15) is 40.3 Å². The molecule has 0 fully saturated rings. The minimum Gasteiger partial charge on any atom is -0.493 e. The van der Waals surface area contributed by atoms with Gasteiger partial charge in [0.15, 0.2) is 6.73 Å². The smallest absolute Gasteiger partial charge is 0.161 e. The van der Waals surface area contributed by atoms with Crippen molar-refractivity contribution in [2.75, 3.05) is 18.2 Å². The van der Waals surface area contributed by atoms with Crippen LogP contribution in [0.3, 0.4) is 0 Å². The molecule has 37 heavy (non-hydrogen) atoms. The summed E-state index contributed by atoms with van der Waals surface area (Å²) in [5.41, 5.74) is 7.43. The molecule has 4 aromatic carbocycles. The second kappa shape index (κ2) is 10.2. The van der Waals surface area contributed by atoms with Gasteiger partial charge in [-0.1, -0.05) is 79.4 Å². The van der Waals surface area contributed by atoms with Crippen LogP contribution in [0.4, 0.5) is 5.69 Å². The summed E-state index contributed by atoms with van der Waals surface area (Å²) in [5, 5.41) is 11.1. The van der Waals surface area contributed by atoms with Gasteiger partial charge < -0.3 is 19.5 Å². The molecule has 0 spiro atoms. The van der Waals surface area contributed by atoms with Crippen LogP contribution in [-0.4, -0.2) is 18.4 Å². The van der Waals surface area contributed by atoms with Gasteiger partial charge in [0, 0.05) is 23.7 Å². The molecule has 0 amide bonds. The van der Waals surface area contributed by atoms with Crippen LogP contribution in [0.5, 0.6) is 11.5 Å². The fourth-order valence-electron chi connectivity index (χ4n) is 5.24. The lowest BCUT2D eigenvalue weighted by Gasteiger charge is -2.30. The SMILES string of the molecule is C=C(c1ccc(C(O)c2ccc(N3COc4ccccc4C3)cc2)cc1)C1CCc2ccccc2OC1. The maximum absolute atomic E-state index is 11.1. The molecule has 0 saturated carbocycles. The number of ether oxygens (including phenoxy) is 2. The predicted octanol–water partition coefficient (Wildman–Crippen LogP) is 6.78. The zero-order valence-electron chi connectivity index (χ0n) is 20.8. The molecule has 6 rings (SSSR count). The van der Waals surface area contributed by atoms with Crippen LogP contribution in [0.15, 0.2) is 104 Å². The van der Waals surface area contributed by atoms with E-state index < -0.39 is 6.10 Å². The number of fused-ring (bicyclic) bond motifs is 2. The van der Waals surface area contributed by atoms with Crippen molar-refractivity contribution in [2.45, 2.75) is 25.5 Å². The Hall–Kier alpha value is -4.02. The first-order valence-electron chi connectivity index (χ1n) is 12.9. The summed E-state index contributed by atoms with van der Waals surface area (Å²) in [4.78, 5) is 2.19. The van der Waals surface area contributed by atoms with Gasteiger partial charge >= 0.3 is 0 Å². The van der Waals surface area contributed by atoms with Crippen LogP contribution in [0.2, 0.25) is 0 Å². The first-order chi connectivity index (χ1) is 18.2. The lowest BCUT2D eigenvalue weighted by Crippen LogP contribution is -2.31. The van der Waals surface area contributed by atoms with E-state index in [9.17, 15) is 5.11 Å². The van der Waals surface area contributed by atoms with Crippen LogP contribution >= 0.6 is 0 Å². The quantitative estimate of drug-likeness (QED) is 0.336. The highest BCUT2D eigenvalue weighted by molar-refractivity contribution is 5.66. The van der Waals surface area contributed by atoms with Gasteiger partial charge in [0.25, 0.3) is 0 Å². The van der Waals surface area contributed by atoms with Gasteiger partial charge in [-0.15, -0.1) is 0 Å². The Morgan fingerprint density at radius 2 is 1.41 bits per heavy atom. The van der Waals surface area contributed by atoms with Crippen molar-refractivity contribution in [3.63, 3.8) is 0 Å². The van der Waals surface area contributed by atoms with Gasteiger partial charge in [-0.3, -0.25) is 0 Å². The first kappa shape index (κ1) is 23.4. The lowest BCUT2D eigenvalue weighted by molar-refractivity contribution is 0.220. The monoisotopic (exact) mass is 489 g/mol. The van der Waals surface area contributed by atoms with E-state index >= 15 is 0 Å². The maximum Gasteiger partial charge on any atom is 0.161 e. The van der Waals surface area contributed by atoms with Crippen molar-refractivity contribution < 1.29 is 14.6 Å². The molecule has 0 aromatic heterocycles. The Labute approximate surface area is 218 Å². The molecule has 2 aliphatic rings. The third-order valence-corrected chi connectivity index (χ3v) is 7.55. The molecule has 1 N–H and O–H groups in total. The van der Waals surface area contributed by atoms with Crippen LogP contribution in [0.25, 0.3) is 5.57 Å². The molecule has 0 aliphatic carbocycles. The van der Waals surface area contributed by atoms with E-state index in [-0.39, 0.29) is 5.92 Å². The third kappa shape index (κ3) is 4.85. The predicted molar refractivity (Wildman–Crippen MR) is 148 cm³/mol. The number of aliphatic hydroxyl groups is 1. The fraction of sp³-hybridized carbons (Fsp3) is 0.212. The standard InChI is InChI=1S/C33H31NO3/c1-23(29-15-12-25-6-2-4-8-31(25)36-21-29)24-10-13-26(14-11-24)33(35)27-16-18-30(19-17-27)34-20-28-7-3-5-9-32(28)37-22-34/h2-11,13-14,16-19,29,33,35H,1,12,15,20-22H2. The van der Waals surface area contributed by atoms with Gasteiger partial charge in [0.05, 0.1) is 6.61 Å². The molecular formula is C33H31NO3. The lowest BCUT2D eigenvalue weighted by atomic mass is 9.89. The number of para-hydroxylation sites is 2. The molecule has 0 bridgehead atoms. The van der Waals surface area contributed by atoms with Gasteiger partial charge in [0.1, 0.15) is 17.6 Å². The second-order valence-electron chi connectivity index (χ2n) is 9.87. The van der Waals surface area contributed by atoms with Crippen LogP contribution < -0.4 is 14.4 Å². The summed E-state index contributed by atoms with van der Waals surface area (Å²) in [6.07, 6.45) is 1.31. The normalized spacial score (nSPS) is 17.4. The van der Waals surface area contributed by atoms with E-state index in [1.165, 1.54) is 11.1 Å². The number of anilines is 1. The molecule has 4 nitrogen and oxygen atoms in total. The van der Waals surface area contributed by atoms with Crippen molar-refractivity contribution >= 4 is 11.3 Å². The van der Waals surface area contributed by atoms with E-state index in [0.29, 0.717) is 13.3 Å². The average Bonchev–Trinajstić information content (AvgIpc) is 3.19. The van der Waals surface area contributed by atoms with Gasteiger partial charge in [0.2, 0.25) is 0 Å². The third-order valence-electron chi connectivity index (χ3n) is 7.55. The number of benzene rings is 4. The molecule has 0 radical (unpaired) electrons. The Morgan fingerprint density at radius 3 is 2.14 bits per heavy atom. The van der Waals surface area contributed by atoms with E-state index in [4.69, 9.17) is 9.47 Å². The summed E-state index contributed by atoms with van der Waals surface area (Å²) >= 11 is 0. The Bertz CT molecular complexity index is 1370. The summed E-state index contributed by atoms with van der Waals surface area (Å²) in [7, 11) is 0. The molecule has 2 heterocycles. The molecule has 0 saturated heterocycles. The Kier molecular flexibility index (Phi) is 6.42. The van der Waals surface area contributed by atoms with Crippen molar-refractivity contribution in [1.82, 2.24) is 0 Å². The minimum absolute atomic E-state index is 0.265. The molecular weight excluding hydrogens is 458 g/mol. The maximum atomic E-state index is 11.1. The average molecular weight is 490 g/mol. The van der Waals surface area contributed by atoms with Crippen LogP contribution in [0, 0.1) is 5.92 Å². The van der Waals surface area contributed by atoms with E-state index in [2.05, 4.69) is 53.9 Å². The van der Waals surface area contributed by atoms with Crippen molar-refractivity contribution in [2.24, 2.45) is 5.92 Å². The fourth-order valence-corrected chi connectivity index (χ4v) is 5.24. The van der Waals surface area contributed by atoms with Crippen molar-refractivity contribution in [3.05, 3.63) is 131 Å². The number of aliphatic hydroxyl groups excluding tert-OH is 1. The van der Waals surface area contributed by atoms with Crippen molar-refractivity contribution in [3.8, 4) is 11.5 Å². The summed E-state index contributed by atoms with van der Waals surface area (Å²) in [5.74, 6) is 2.20. The molecule has 186 valence electrons. The molecule has 2 atom stereocenters. The summed E-state index contributed by atoms with van der Waals surface area (Å²) < 4.78 is 12.0. The molecule has 4 heteroatoms. The Balaban J connectivity index is 1.10. The largest absolute Gasteiger partial charge is 0.493 e. The summed E-state index contributed by atoms with van der Waals surface area (Å²) in [6.45, 7) is 6.36. The van der Waals surface area contributed by atoms with Gasteiger partial charge in [-0.2, -0.15) is 0 Å². The number of nitrogens with zero attached hydrogens (tertiary/aromatic N) is 1. The molecule has 4 aromatic rings.